The Labute approximate surface area is 220 Å². The number of H-pyrrole nitrogens is 1. The van der Waals surface area contributed by atoms with Crippen molar-refractivity contribution < 1.29 is 28.2 Å². The van der Waals surface area contributed by atoms with Gasteiger partial charge in [-0.25, -0.2) is 14.2 Å². The maximum atomic E-state index is 14.3. The smallest absolute Gasteiger partial charge is 0.409 e. The molecule has 1 spiro atoms. The normalized spacial score (nSPS) is 20.1. The summed E-state index contributed by atoms with van der Waals surface area (Å²) >= 11 is 0. The lowest BCUT2D eigenvalue weighted by Crippen LogP contribution is -2.62. The number of nitrogens with zero attached hydrogens (tertiary/aromatic N) is 4. The van der Waals surface area contributed by atoms with Crippen molar-refractivity contribution in [3.8, 4) is 17.1 Å². The molecule has 5 rings (SSSR count). The molecule has 2 N–H and O–H groups in total. The van der Waals surface area contributed by atoms with Crippen LogP contribution in [0.1, 0.15) is 55.9 Å². The number of rotatable bonds is 8. The Balaban J connectivity index is 1.15. The summed E-state index contributed by atoms with van der Waals surface area (Å²) in [6.07, 6.45) is 5.33. The van der Waals surface area contributed by atoms with Crippen molar-refractivity contribution in [2.45, 2.75) is 57.0 Å². The summed E-state index contributed by atoms with van der Waals surface area (Å²) in [5.41, 5.74) is 0.397. The molecule has 11 nitrogen and oxygen atoms in total. The van der Waals surface area contributed by atoms with Gasteiger partial charge in [-0.1, -0.05) is 13.3 Å². The van der Waals surface area contributed by atoms with Crippen LogP contribution in [-0.2, 0) is 9.53 Å². The number of nitrogens with one attached hydrogen (secondary N) is 2. The summed E-state index contributed by atoms with van der Waals surface area (Å²) < 4.78 is 24.6. The Morgan fingerprint density at radius 2 is 2.05 bits per heavy atom. The highest BCUT2D eigenvalue weighted by Gasteiger charge is 2.55. The van der Waals surface area contributed by atoms with Crippen molar-refractivity contribution in [3.63, 3.8) is 0 Å². The third-order valence-electron chi connectivity index (χ3n) is 7.68. The third-order valence-corrected chi connectivity index (χ3v) is 7.68. The Kier molecular flexibility index (Phi) is 7.22. The molecule has 2 aliphatic heterocycles. The zero-order valence-corrected chi connectivity index (χ0v) is 21.7. The minimum absolute atomic E-state index is 0.0293. The van der Waals surface area contributed by atoms with Crippen molar-refractivity contribution in [3.05, 3.63) is 29.8 Å². The molecular formula is C26H33FN6O5. The highest BCUT2D eigenvalue weighted by molar-refractivity contribution is 5.94. The molecule has 0 radical (unpaired) electrons. The van der Waals surface area contributed by atoms with Crippen LogP contribution in [0, 0.1) is 11.7 Å². The number of amides is 3. The average Bonchev–Trinajstić information content (AvgIpc) is 3.46. The Bertz CT molecular complexity index is 1210. The Morgan fingerprint density at radius 3 is 2.76 bits per heavy atom. The largest absolute Gasteiger partial charge is 0.481 e. The second-order valence-corrected chi connectivity index (χ2v) is 10.3. The zero-order chi connectivity index (χ0) is 26.9. The molecule has 204 valence electrons. The SMILES string of the molecule is CCCCOC(=O)N1CC(NC(=O)[C@H]2CCN(C(=O)c3cc(-c4cc(OC)ncc4F)n[nH]3)C3(CC3)C2)C1. The van der Waals surface area contributed by atoms with Gasteiger partial charge in [0.25, 0.3) is 5.91 Å². The van der Waals surface area contributed by atoms with Gasteiger partial charge < -0.3 is 24.6 Å². The molecule has 0 bridgehead atoms. The van der Waals surface area contributed by atoms with E-state index in [-0.39, 0.29) is 58.2 Å². The van der Waals surface area contributed by atoms with Gasteiger partial charge in [-0.15, -0.1) is 0 Å². The quantitative estimate of drug-likeness (QED) is 0.504. The van der Waals surface area contributed by atoms with Gasteiger partial charge in [0.05, 0.1) is 31.6 Å². The monoisotopic (exact) mass is 528 g/mol. The van der Waals surface area contributed by atoms with Crippen LogP contribution in [0.2, 0.25) is 0 Å². The van der Waals surface area contributed by atoms with E-state index in [9.17, 15) is 18.8 Å². The zero-order valence-electron chi connectivity index (χ0n) is 21.7. The fourth-order valence-electron chi connectivity index (χ4n) is 5.23. The number of carbonyl (C=O) groups excluding carboxylic acids is 3. The molecule has 3 aliphatic rings. The lowest BCUT2D eigenvalue weighted by Gasteiger charge is -2.42. The van der Waals surface area contributed by atoms with Gasteiger partial charge in [0.15, 0.2) is 5.82 Å². The number of hydrogen-bond donors (Lipinski definition) is 2. The van der Waals surface area contributed by atoms with Crippen LogP contribution >= 0.6 is 0 Å². The number of pyridine rings is 1. The van der Waals surface area contributed by atoms with E-state index in [2.05, 4.69) is 20.5 Å². The number of likely N-dealkylation sites (tertiary alicyclic amines) is 2. The van der Waals surface area contributed by atoms with Gasteiger partial charge in [-0.2, -0.15) is 5.10 Å². The Hall–Kier alpha value is -3.70. The average molecular weight is 529 g/mol. The number of carbonyl (C=O) groups is 3. The van der Waals surface area contributed by atoms with Crippen LogP contribution in [-0.4, -0.2) is 87.8 Å². The molecule has 2 aromatic heterocycles. The molecule has 12 heteroatoms. The first-order valence-electron chi connectivity index (χ1n) is 13.1. The van der Waals surface area contributed by atoms with Crippen LogP contribution < -0.4 is 10.1 Å². The van der Waals surface area contributed by atoms with Gasteiger partial charge in [0, 0.05) is 42.7 Å². The number of unbranched alkanes of at least 4 members (excludes halogenated alkanes) is 1. The summed E-state index contributed by atoms with van der Waals surface area (Å²) in [5, 5.41) is 9.94. The summed E-state index contributed by atoms with van der Waals surface area (Å²) in [7, 11) is 1.44. The maximum absolute atomic E-state index is 14.3. The first-order chi connectivity index (χ1) is 18.3. The van der Waals surface area contributed by atoms with Crippen molar-refractivity contribution >= 4 is 17.9 Å². The highest BCUT2D eigenvalue weighted by Crippen LogP contribution is 2.50. The summed E-state index contributed by atoms with van der Waals surface area (Å²) in [6.45, 7) is 3.80. The number of halogens is 1. The molecule has 38 heavy (non-hydrogen) atoms. The molecule has 1 aliphatic carbocycles. The lowest BCUT2D eigenvalue weighted by molar-refractivity contribution is -0.129. The van der Waals surface area contributed by atoms with E-state index < -0.39 is 5.82 Å². The first-order valence-corrected chi connectivity index (χ1v) is 13.1. The predicted octanol–water partition coefficient (Wildman–Crippen LogP) is 2.74. The van der Waals surface area contributed by atoms with Gasteiger partial charge in [-0.3, -0.25) is 14.7 Å². The van der Waals surface area contributed by atoms with Gasteiger partial charge in [-0.05, 0) is 38.2 Å². The molecule has 3 amide bonds. The first kappa shape index (κ1) is 25.9. The fraction of sp³-hybridized carbons (Fsp3) is 0.577. The molecule has 1 atom stereocenters. The molecule has 0 aromatic carbocycles. The molecule has 2 aromatic rings. The van der Waals surface area contributed by atoms with Crippen molar-refractivity contribution in [1.29, 1.82) is 0 Å². The van der Waals surface area contributed by atoms with Crippen LogP contribution in [0.25, 0.3) is 11.3 Å². The summed E-state index contributed by atoms with van der Waals surface area (Å²) in [5.74, 6) is -0.750. The second kappa shape index (κ2) is 10.6. The van der Waals surface area contributed by atoms with Gasteiger partial charge in [0.2, 0.25) is 11.8 Å². The standard InChI is InChI=1S/C26H33FN6O5/c1-3-4-9-38-25(36)32-14-17(15-32)29-23(34)16-5-8-33(26(12-16)6-7-26)24(35)21-11-20(30-31-21)18-10-22(37-2)28-13-19(18)27/h10-11,13,16-17H,3-9,12,14-15H2,1-2H3,(H,29,34)(H,30,31)/t16-/m0/s1. The van der Waals surface area contributed by atoms with E-state index in [4.69, 9.17) is 9.47 Å². The van der Waals surface area contributed by atoms with E-state index in [1.54, 1.807) is 4.90 Å². The van der Waals surface area contributed by atoms with E-state index in [1.807, 2.05) is 11.8 Å². The number of aromatic nitrogens is 3. The fourth-order valence-corrected chi connectivity index (χ4v) is 5.23. The predicted molar refractivity (Wildman–Crippen MR) is 134 cm³/mol. The van der Waals surface area contributed by atoms with E-state index >= 15 is 0 Å². The highest BCUT2D eigenvalue weighted by atomic mass is 19.1. The van der Waals surface area contributed by atoms with Crippen LogP contribution in [0.3, 0.4) is 0 Å². The van der Waals surface area contributed by atoms with Crippen LogP contribution in [0.15, 0.2) is 18.3 Å². The van der Waals surface area contributed by atoms with E-state index in [0.717, 1.165) is 31.9 Å². The topological polar surface area (TPSA) is 130 Å². The number of methoxy groups -OCH3 is 1. The minimum Gasteiger partial charge on any atom is -0.481 e. The number of piperidine rings is 1. The van der Waals surface area contributed by atoms with Crippen molar-refractivity contribution in [1.82, 2.24) is 30.3 Å². The van der Waals surface area contributed by atoms with Crippen LogP contribution in [0.5, 0.6) is 5.88 Å². The summed E-state index contributed by atoms with van der Waals surface area (Å²) in [6, 6.07) is 2.89. The maximum Gasteiger partial charge on any atom is 0.409 e. The molecule has 3 fully saturated rings. The van der Waals surface area contributed by atoms with Crippen molar-refractivity contribution in [2.24, 2.45) is 5.92 Å². The molecule has 0 unspecified atom stereocenters. The number of ether oxygens (including phenoxy) is 2. The molecule has 4 heterocycles. The summed E-state index contributed by atoms with van der Waals surface area (Å²) in [4.78, 5) is 45.6. The Morgan fingerprint density at radius 1 is 1.26 bits per heavy atom. The van der Waals surface area contributed by atoms with E-state index in [0.29, 0.717) is 39.1 Å². The minimum atomic E-state index is -0.565. The lowest BCUT2D eigenvalue weighted by atomic mass is 9.87. The van der Waals surface area contributed by atoms with Crippen LogP contribution in [0.4, 0.5) is 9.18 Å². The van der Waals surface area contributed by atoms with Crippen molar-refractivity contribution in [2.75, 3.05) is 33.4 Å². The third kappa shape index (κ3) is 5.16. The van der Waals surface area contributed by atoms with E-state index in [1.165, 1.54) is 19.2 Å². The van der Waals surface area contributed by atoms with Gasteiger partial charge in [0.1, 0.15) is 5.69 Å². The molecule has 1 saturated carbocycles. The molecular weight excluding hydrogens is 495 g/mol. The van der Waals surface area contributed by atoms with Gasteiger partial charge >= 0.3 is 6.09 Å². The second-order valence-electron chi connectivity index (χ2n) is 10.3. The number of hydrogen-bond acceptors (Lipinski definition) is 7. The number of aromatic amines is 1. The molecule has 2 saturated heterocycles.